The van der Waals surface area contributed by atoms with E-state index in [-0.39, 0.29) is 12.5 Å². The summed E-state index contributed by atoms with van der Waals surface area (Å²) in [5.74, 6) is -0.857. The fourth-order valence-corrected chi connectivity index (χ4v) is 1.50. The lowest BCUT2D eigenvalue weighted by atomic mass is 10.0. The van der Waals surface area contributed by atoms with Crippen molar-refractivity contribution in [2.24, 2.45) is 5.92 Å². The molecule has 0 aromatic carbocycles. The van der Waals surface area contributed by atoms with Crippen LogP contribution in [-0.2, 0) is 11.3 Å². The predicted molar refractivity (Wildman–Crippen MR) is 68.3 cm³/mol. The van der Waals surface area contributed by atoms with E-state index in [1.165, 1.54) is 6.20 Å². The molecule has 0 fully saturated rings. The first-order chi connectivity index (χ1) is 8.99. The van der Waals surface area contributed by atoms with Gasteiger partial charge in [0.05, 0.1) is 12.2 Å². The average molecular weight is 266 g/mol. The first kappa shape index (κ1) is 14.9. The maximum absolute atomic E-state index is 11.6. The molecule has 0 radical (unpaired) electrons. The molecule has 2 amide bonds. The smallest absolute Gasteiger partial charge is 0.326 e. The highest BCUT2D eigenvalue weighted by Gasteiger charge is 2.20. The zero-order valence-corrected chi connectivity index (χ0v) is 11.0. The molecule has 0 aliphatic rings. The number of carbonyl (C=O) groups is 2. The molecule has 0 bridgehead atoms. The van der Waals surface area contributed by atoms with Gasteiger partial charge in [-0.25, -0.2) is 9.59 Å². The van der Waals surface area contributed by atoms with Crippen LogP contribution in [0.15, 0.2) is 18.3 Å². The normalized spacial score (nSPS) is 11.9. The summed E-state index contributed by atoms with van der Waals surface area (Å²) < 4.78 is 0. The van der Waals surface area contributed by atoms with E-state index in [2.05, 4.69) is 20.8 Å². The van der Waals surface area contributed by atoms with Crippen LogP contribution in [0.3, 0.4) is 0 Å². The van der Waals surface area contributed by atoms with Crippen LogP contribution >= 0.6 is 0 Å². The number of carboxylic acid groups (broad SMARTS) is 1. The van der Waals surface area contributed by atoms with Crippen molar-refractivity contribution in [3.05, 3.63) is 24.0 Å². The van der Waals surface area contributed by atoms with Crippen molar-refractivity contribution in [1.29, 1.82) is 0 Å². The Labute approximate surface area is 111 Å². The number of rotatable bonds is 6. The summed E-state index contributed by atoms with van der Waals surface area (Å²) >= 11 is 0. The van der Waals surface area contributed by atoms with Crippen LogP contribution in [0.4, 0.5) is 4.79 Å². The lowest BCUT2D eigenvalue weighted by molar-refractivity contribution is -0.139. The topological polar surface area (TPSA) is 104 Å². The quantitative estimate of drug-likeness (QED) is 0.705. The second-order valence-electron chi connectivity index (χ2n) is 4.56. The summed E-state index contributed by atoms with van der Waals surface area (Å²) in [5.41, 5.74) is 0.605. The van der Waals surface area contributed by atoms with Gasteiger partial charge in [-0.05, 0) is 24.5 Å². The molecule has 0 unspecified atom stereocenters. The molecule has 1 atom stereocenters. The fourth-order valence-electron chi connectivity index (χ4n) is 1.50. The Morgan fingerprint density at radius 3 is 2.68 bits per heavy atom. The predicted octanol–water partition coefficient (Wildman–Crippen LogP) is 0.775. The molecular weight excluding hydrogens is 248 g/mol. The number of urea groups is 1. The molecular formula is C12H18N4O3. The third-order valence-electron chi connectivity index (χ3n) is 2.37. The standard InChI is InChI=1S/C12H18N4O3/c1-8(2)6-10(11(17)18)15-12(19)13-7-9-4-3-5-14-16-9/h3-5,8,10H,6-7H2,1-2H3,(H,17,18)(H2,13,15,19)/t10-/m0/s1. The number of hydrogen-bond acceptors (Lipinski definition) is 4. The Bertz CT molecular complexity index is 422. The van der Waals surface area contributed by atoms with Gasteiger partial charge >= 0.3 is 12.0 Å². The lowest BCUT2D eigenvalue weighted by Crippen LogP contribution is -2.46. The van der Waals surface area contributed by atoms with E-state index >= 15 is 0 Å². The second kappa shape index (κ2) is 7.30. The summed E-state index contributed by atoms with van der Waals surface area (Å²) in [5, 5.41) is 21.4. The Morgan fingerprint density at radius 2 is 2.16 bits per heavy atom. The van der Waals surface area contributed by atoms with E-state index in [0.29, 0.717) is 12.1 Å². The van der Waals surface area contributed by atoms with Crippen molar-refractivity contribution in [3.63, 3.8) is 0 Å². The monoisotopic (exact) mass is 266 g/mol. The number of carbonyl (C=O) groups excluding carboxylic acids is 1. The minimum Gasteiger partial charge on any atom is -0.480 e. The average Bonchev–Trinajstić information content (AvgIpc) is 2.36. The zero-order valence-electron chi connectivity index (χ0n) is 11.0. The van der Waals surface area contributed by atoms with E-state index in [4.69, 9.17) is 5.11 Å². The van der Waals surface area contributed by atoms with Crippen LogP contribution in [0, 0.1) is 5.92 Å². The molecule has 7 nitrogen and oxygen atoms in total. The number of aromatic nitrogens is 2. The van der Waals surface area contributed by atoms with Crippen molar-refractivity contribution in [1.82, 2.24) is 20.8 Å². The molecule has 0 aliphatic heterocycles. The van der Waals surface area contributed by atoms with Gasteiger partial charge in [-0.15, -0.1) is 0 Å². The van der Waals surface area contributed by atoms with Crippen LogP contribution in [0.1, 0.15) is 26.0 Å². The maximum atomic E-state index is 11.6. The minimum absolute atomic E-state index is 0.182. The molecule has 1 aromatic rings. The first-order valence-corrected chi connectivity index (χ1v) is 6.02. The number of hydrogen-bond donors (Lipinski definition) is 3. The largest absolute Gasteiger partial charge is 0.480 e. The Kier molecular flexibility index (Phi) is 5.72. The van der Waals surface area contributed by atoms with Crippen molar-refractivity contribution in [2.75, 3.05) is 0 Å². The molecule has 3 N–H and O–H groups in total. The molecule has 1 rings (SSSR count). The third-order valence-corrected chi connectivity index (χ3v) is 2.37. The number of aliphatic carboxylic acids is 1. The molecule has 0 saturated carbocycles. The van der Waals surface area contributed by atoms with Gasteiger partial charge in [-0.1, -0.05) is 13.8 Å². The van der Waals surface area contributed by atoms with E-state index in [0.717, 1.165) is 0 Å². The van der Waals surface area contributed by atoms with E-state index in [9.17, 15) is 9.59 Å². The van der Waals surface area contributed by atoms with Crippen LogP contribution in [0.25, 0.3) is 0 Å². The van der Waals surface area contributed by atoms with Crippen LogP contribution < -0.4 is 10.6 Å². The van der Waals surface area contributed by atoms with Crippen molar-refractivity contribution < 1.29 is 14.7 Å². The number of carboxylic acids is 1. The highest BCUT2D eigenvalue weighted by molar-refractivity contribution is 5.82. The van der Waals surface area contributed by atoms with Gasteiger partial charge in [0.25, 0.3) is 0 Å². The molecule has 1 aromatic heterocycles. The number of nitrogens with zero attached hydrogens (tertiary/aromatic N) is 2. The van der Waals surface area contributed by atoms with Gasteiger partial charge in [0, 0.05) is 6.20 Å². The van der Waals surface area contributed by atoms with Crippen LogP contribution in [-0.4, -0.2) is 33.3 Å². The van der Waals surface area contributed by atoms with Gasteiger partial charge in [0.1, 0.15) is 6.04 Å². The second-order valence-corrected chi connectivity index (χ2v) is 4.56. The molecule has 19 heavy (non-hydrogen) atoms. The fraction of sp³-hybridized carbons (Fsp3) is 0.500. The van der Waals surface area contributed by atoms with Crippen molar-refractivity contribution in [2.45, 2.75) is 32.9 Å². The minimum atomic E-state index is -1.04. The lowest BCUT2D eigenvalue weighted by Gasteiger charge is -2.16. The van der Waals surface area contributed by atoms with Crippen molar-refractivity contribution >= 4 is 12.0 Å². The highest BCUT2D eigenvalue weighted by atomic mass is 16.4. The van der Waals surface area contributed by atoms with Gasteiger partial charge < -0.3 is 15.7 Å². The Balaban J connectivity index is 2.42. The first-order valence-electron chi connectivity index (χ1n) is 6.02. The van der Waals surface area contributed by atoms with E-state index in [1.807, 2.05) is 13.8 Å². The summed E-state index contributed by atoms with van der Waals surface area (Å²) in [6, 6.07) is 2.01. The van der Waals surface area contributed by atoms with Gasteiger partial charge in [0.2, 0.25) is 0 Å². The molecule has 0 spiro atoms. The van der Waals surface area contributed by atoms with Gasteiger partial charge in [0.15, 0.2) is 0 Å². The van der Waals surface area contributed by atoms with Gasteiger partial charge in [-0.2, -0.15) is 10.2 Å². The number of amides is 2. The van der Waals surface area contributed by atoms with E-state index in [1.54, 1.807) is 12.1 Å². The highest BCUT2D eigenvalue weighted by Crippen LogP contribution is 2.04. The summed E-state index contributed by atoms with van der Waals surface area (Å²) in [6.07, 6.45) is 1.92. The molecule has 0 saturated heterocycles. The molecule has 7 heteroatoms. The zero-order chi connectivity index (χ0) is 14.3. The van der Waals surface area contributed by atoms with Crippen LogP contribution in [0.5, 0.6) is 0 Å². The maximum Gasteiger partial charge on any atom is 0.326 e. The summed E-state index contributed by atoms with van der Waals surface area (Å²) in [7, 11) is 0. The number of nitrogens with one attached hydrogen (secondary N) is 2. The molecule has 0 aliphatic carbocycles. The Morgan fingerprint density at radius 1 is 1.42 bits per heavy atom. The summed E-state index contributed by atoms with van der Waals surface area (Å²) in [6.45, 7) is 4.00. The van der Waals surface area contributed by atoms with Crippen molar-refractivity contribution in [3.8, 4) is 0 Å². The molecule has 1 heterocycles. The SMILES string of the molecule is CC(C)C[C@H](NC(=O)NCc1cccnn1)C(=O)O. The summed E-state index contributed by atoms with van der Waals surface area (Å²) in [4.78, 5) is 22.6. The molecule has 104 valence electrons. The third kappa shape index (κ3) is 5.80. The van der Waals surface area contributed by atoms with Crippen LogP contribution in [0.2, 0.25) is 0 Å². The Hall–Kier alpha value is -2.18. The van der Waals surface area contributed by atoms with E-state index < -0.39 is 18.0 Å². The van der Waals surface area contributed by atoms with Gasteiger partial charge in [-0.3, -0.25) is 0 Å².